The van der Waals surface area contributed by atoms with Gasteiger partial charge in [0.05, 0.1) is 21.2 Å². The molecule has 3 aromatic rings. The van der Waals surface area contributed by atoms with Gasteiger partial charge in [-0.25, -0.2) is 8.42 Å². The van der Waals surface area contributed by atoms with E-state index >= 15 is 0 Å². The molecule has 0 saturated carbocycles. The molecule has 1 N–H and O–H groups in total. The first-order valence-corrected chi connectivity index (χ1v) is 10.8. The SMILES string of the molecule is Cc1ccc(Cl)cc1NC(=O)c1ccc(N(C)S(=O)(=O)c2ccccc2)cc1Cl. The first kappa shape index (κ1) is 21.2. The number of nitrogens with one attached hydrogen (secondary N) is 1. The third-order valence-corrected chi connectivity index (χ3v) is 6.76. The maximum atomic E-state index is 12.8. The third-order valence-electron chi connectivity index (χ3n) is 4.41. The van der Waals surface area contributed by atoms with E-state index in [0.717, 1.165) is 9.87 Å². The standard InChI is InChI=1S/C21H18Cl2N2O3S/c1-14-8-9-15(22)12-20(14)24-21(26)18-11-10-16(13-19(18)23)25(2)29(27,28)17-6-4-3-5-7-17/h3-13H,1-2H3,(H,24,26). The third kappa shape index (κ3) is 4.56. The van der Waals surface area contributed by atoms with Crippen LogP contribution in [-0.4, -0.2) is 21.4 Å². The monoisotopic (exact) mass is 448 g/mol. The number of halogens is 2. The van der Waals surface area contributed by atoms with Gasteiger partial charge in [-0.2, -0.15) is 0 Å². The van der Waals surface area contributed by atoms with Crippen molar-refractivity contribution in [1.82, 2.24) is 0 Å². The van der Waals surface area contributed by atoms with Crippen LogP contribution >= 0.6 is 23.2 Å². The summed E-state index contributed by atoms with van der Waals surface area (Å²) in [6.45, 7) is 1.85. The zero-order valence-corrected chi connectivity index (χ0v) is 18.0. The second-order valence-electron chi connectivity index (χ2n) is 6.36. The molecule has 0 radical (unpaired) electrons. The van der Waals surface area contributed by atoms with Crippen molar-refractivity contribution in [1.29, 1.82) is 0 Å². The summed E-state index contributed by atoms with van der Waals surface area (Å²) in [6.07, 6.45) is 0. The Bertz CT molecular complexity index is 1170. The molecule has 0 aliphatic rings. The lowest BCUT2D eigenvalue weighted by Crippen LogP contribution is -2.26. The van der Waals surface area contributed by atoms with Gasteiger partial charge in [-0.3, -0.25) is 9.10 Å². The van der Waals surface area contributed by atoms with Crippen molar-refractivity contribution >= 4 is 50.5 Å². The predicted molar refractivity (Wildman–Crippen MR) is 118 cm³/mol. The summed E-state index contributed by atoms with van der Waals surface area (Å²) in [7, 11) is -2.31. The van der Waals surface area contributed by atoms with Gasteiger partial charge in [0.25, 0.3) is 15.9 Å². The summed E-state index contributed by atoms with van der Waals surface area (Å²) in [5.74, 6) is -0.416. The second-order valence-corrected chi connectivity index (χ2v) is 9.18. The smallest absolute Gasteiger partial charge is 0.264 e. The van der Waals surface area contributed by atoms with Crippen molar-refractivity contribution in [2.45, 2.75) is 11.8 Å². The van der Waals surface area contributed by atoms with Crippen LogP contribution in [-0.2, 0) is 10.0 Å². The van der Waals surface area contributed by atoms with Gasteiger partial charge in [0, 0.05) is 17.8 Å². The number of nitrogens with zero attached hydrogens (tertiary/aromatic N) is 1. The number of rotatable bonds is 5. The summed E-state index contributed by atoms with van der Waals surface area (Å²) in [5, 5.41) is 3.41. The highest BCUT2D eigenvalue weighted by Crippen LogP contribution is 2.28. The molecule has 3 rings (SSSR count). The number of carbonyl (C=O) groups excluding carboxylic acids is 1. The van der Waals surface area contributed by atoms with Crippen LogP contribution in [0, 0.1) is 6.92 Å². The minimum absolute atomic E-state index is 0.134. The molecule has 0 bridgehead atoms. The topological polar surface area (TPSA) is 66.5 Å². The molecule has 0 spiro atoms. The van der Waals surface area contributed by atoms with Gasteiger partial charge in [-0.1, -0.05) is 47.5 Å². The van der Waals surface area contributed by atoms with Crippen LogP contribution in [0.5, 0.6) is 0 Å². The van der Waals surface area contributed by atoms with Crippen molar-refractivity contribution in [3.8, 4) is 0 Å². The van der Waals surface area contributed by atoms with Gasteiger partial charge in [-0.15, -0.1) is 0 Å². The normalized spacial score (nSPS) is 11.2. The zero-order chi connectivity index (χ0) is 21.2. The Kier molecular flexibility index (Phi) is 6.17. The van der Waals surface area contributed by atoms with Crippen molar-refractivity contribution in [2.24, 2.45) is 0 Å². The fourth-order valence-electron chi connectivity index (χ4n) is 2.69. The van der Waals surface area contributed by atoms with E-state index in [4.69, 9.17) is 23.2 Å². The number of carbonyl (C=O) groups is 1. The molecule has 1 amide bonds. The fourth-order valence-corrected chi connectivity index (χ4v) is 4.33. The quantitative estimate of drug-likeness (QED) is 0.569. The van der Waals surface area contributed by atoms with Crippen LogP contribution in [0.1, 0.15) is 15.9 Å². The van der Waals surface area contributed by atoms with Crippen molar-refractivity contribution in [2.75, 3.05) is 16.7 Å². The van der Waals surface area contributed by atoms with E-state index in [9.17, 15) is 13.2 Å². The lowest BCUT2D eigenvalue weighted by Gasteiger charge is -2.20. The molecule has 0 atom stereocenters. The summed E-state index contributed by atoms with van der Waals surface area (Å²) in [5.41, 5.74) is 1.99. The first-order chi connectivity index (χ1) is 13.7. The number of amides is 1. The average Bonchev–Trinajstić information content (AvgIpc) is 2.70. The van der Waals surface area contributed by atoms with Crippen molar-refractivity contribution in [3.63, 3.8) is 0 Å². The Morgan fingerprint density at radius 3 is 2.31 bits per heavy atom. The molecule has 8 heteroatoms. The Labute approximate surface area is 179 Å². The van der Waals surface area contributed by atoms with Gasteiger partial charge >= 0.3 is 0 Å². The molecule has 3 aromatic carbocycles. The van der Waals surface area contributed by atoms with E-state index in [2.05, 4.69) is 5.32 Å². The van der Waals surface area contributed by atoms with Crippen molar-refractivity contribution in [3.05, 3.63) is 87.9 Å². The van der Waals surface area contributed by atoms with E-state index in [-0.39, 0.29) is 15.5 Å². The van der Waals surface area contributed by atoms with Crippen LogP contribution in [0.2, 0.25) is 10.0 Å². The highest BCUT2D eigenvalue weighted by molar-refractivity contribution is 7.92. The molecule has 0 aromatic heterocycles. The minimum Gasteiger partial charge on any atom is -0.322 e. The lowest BCUT2D eigenvalue weighted by molar-refractivity contribution is 0.102. The number of hydrogen-bond donors (Lipinski definition) is 1. The Hall–Kier alpha value is -2.54. The van der Waals surface area contributed by atoms with Gasteiger partial charge in [0.1, 0.15) is 0 Å². The second kappa shape index (κ2) is 8.45. The van der Waals surface area contributed by atoms with E-state index < -0.39 is 15.9 Å². The predicted octanol–water partition coefficient (Wildman–Crippen LogP) is 5.38. The number of hydrogen-bond acceptors (Lipinski definition) is 3. The fraction of sp³-hybridized carbons (Fsp3) is 0.0952. The minimum atomic E-state index is -3.74. The molecule has 0 fully saturated rings. The van der Waals surface area contributed by atoms with Crippen LogP contribution in [0.15, 0.2) is 71.6 Å². The number of aryl methyl sites for hydroxylation is 1. The Morgan fingerprint density at radius 2 is 1.66 bits per heavy atom. The van der Waals surface area contributed by atoms with E-state index in [1.54, 1.807) is 36.4 Å². The number of anilines is 2. The summed E-state index contributed by atoms with van der Waals surface area (Å²) >= 11 is 12.3. The molecule has 150 valence electrons. The molecule has 5 nitrogen and oxygen atoms in total. The number of sulfonamides is 1. The summed E-state index contributed by atoms with van der Waals surface area (Å²) < 4.78 is 26.7. The largest absolute Gasteiger partial charge is 0.322 e. The van der Waals surface area contributed by atoms with Gasteiger partial charge < -0.3 is 5.32 Å². The molecular weight excluding hydrogens is 431 g/mol. The first-order valence-electron chi connectivity index (χ1n) is 8.61. The van der Waals surface area contributed by atoms with Crippen LogP contribution < -0.4 is 9.62 Å². The zero-order valence-electron chi connectivity index (χ0n) is 15.7. The van der Waals surface area contributed by atoms with E-state index in [1.807, 2.05) is 6.92 Å². The number of benzene rings is 3. The molecule has 0 unspecified atom stereocenters. The molecule has 0 aliphatic carbocycles. The molecule has 29 heavy (non-hydrogen) atoms. The molecule has 0 heterocycles. The molecule has 0 aliphatic heterocycles. The van der Waals surface area contributed by atoms with Crippen LogP contribution in [0.4, 0.5) is 11.4 Å². The van der Waals surface area contributed by atoms with Crippen LogP contribution in [0.25, 0.3) is 0 Å². The maximum absolute atomic E-state index is 12.8. The van der Waals surface area contributed by atoms with Gasteiger partial charge in [0.15, 0.2) is 0 Å². The summed E-state index contributed by atoms with van der Waals surface area (Å²) in [4.78, 5) is 12.8. The lowest BCUT2D eigenvalue weighted by atomic mass is 10.1. The van der Waals surface area contributed by atoms with E-state index in [0.29, 0.717) is 16.4 Å². The van der Waals surface area contributed by atoms with Crippen molar-refractivity contribution < 1.29 is 13.2 Å². The Morgan fingerprint density at radius 1 is 0.966 bits per heavy atom. The van der Waals surface area contributed by atoms with E-state index in [1.165, 1.54) is 37.4 Å². The molecular formula is C21H18Cl2N2O3S. The Balaban J connectivity index is 1.86. The van der Waals surface area contributed by atoms with Gasteiger partial charge in [0.2, 0.25) is 0 Å². The molecule has 0 saturated heterocycles. The van der Waals surface area contributed by atoms with Crippen LogP contribution in [0.3, 0.4) is 0 Å². The van der Waals surface area contributed by atoms with Gasteiger partial charge in [-0.05, 0) is 55.0 Å². The summed E-state index contributed by atoms with van der Waals surface area (Å²) in [6, 6.07) is 17.7. The maximum Gasteiger partial charge on any atom is 0.264 e. The average molecular weight is 449 g/mol. The highest BCUT2D eigenvalue weighted by Gasteiger charge is 2.22. The highest BCUT2D eigenvalue weighted by atomic mass is 35.5.